The van der Waals surface area contributed by atoms with E-state index in [0.29, 0.717) is 34.4 Å². The molecule has 1 atom stereocenters. The summed E-state index contributed by atoms with van der Waals surface area (Å²) in [5.41, 5.74) is 6.67. The Labute approximate surface area is 247 Å². The van der Waals surface area contributed by atoms with E-state index in [0.717, 1.165) is 16.8 Å². The molecule has 0 bridgehead atoms. The Balaban J connectivity index is 1.52. The van der Waals surface area contributed by atoms with Crippen molar-refractivity contribution in [2.45, 2.75) is 12.0 Å². The average Bonchev–Trinajstić information content (AvgIpc) is 3.44. The summed E-state index contributed by atoms with van der Waals surface area (Å²) in [6, 6.07) is 17.8. The molecule has 0 aliphatic carbocycles. The van der Waals surface area contributed by atoms with Crippen LogP contribution in [0.2, 0.25) is 0 Å². The smallest absolute Gasteiger partial charge is 0.281 e. The minimum atomic E-state index is -1.39. The highest BCUT2D eigenvalue weighted by atomic mass is 32.2. The van der Waals surface area contributed by atoms with Gasteiger partial charge in [0, 0.05) is 28.8 Å². The van der Waals surface area contributed by atoms with Crippen LogP contribution in [0.15, 0.2) is 89.1 Å². The van der Waals surface area contributed by atoms with Crippen molar-refractivity contribution in [2.75, 3.05) is 7.11 Å². The number of amidine groups is 1. The lowest BCUT2D eigenvalue weighted by molar-refractivity contribution is 0.0737. The highest BCUT2D eigenvalue weighted by molar-refractivity contribution is 8.14. The number of nitrogens with two attached hydrogens (primary N) is 1. The van der Waals surface area contributed by atoms with Crippen molar-refractivity contribution >= 4 is 28.5 Å². The van der Waals surface area contributed by atoms with Gasteiger partial charge in [0.1, 0.15) is 45.9 Å². The molecule has 220 valence electrons. The van der Waals surface area contributed by atoms with E-state index in [-0.39, 0.29) is 29.0 Å². The fourth-order valence-electron chi connectivity index (χ4n) is 4.35. The van der Waals surface area contributed by atoms with Crippen molar-refractivity contribution in [3.63, 3.8) is 0 Å². The summed E-state index contributed by atoms with van der Waals surface area (Å²) >= 11 is 1.06. The lowest BCUT2D eigenvalue weighted by atomic mass is 10.1. The Hall–Kier alpha value is -5.04. The van der Waals surface area contributed by atoms with Gasteiger partial charge in [0.2, 0.25) is 0 Å². The molecule has 1 aliphatic heterocycles. The highest BCUT2D eigenvalue weighted by Gasteiger charge is 2.39. The molecular weight excluding hydrogens is 588 g/mol. The Kier molecular flexibility index (Phi) is 8.53. The summed E-state index contributed by atoms with van der Waals surface area (Å²) < 4.78 is 68.3. The van der Waals surface area contributed by atoms with Crippen molar-refractivity contribution in [3.05, 3.63) is 130 Å². The highest BCUT2D eigenvalue weighted by Crippen LogP contribution is 2.48. The zero-order valence-corrected chi connectivity index (χ0v) is 23.1. The molecular formula is C30H22F4N4O4S. The molecule has 0 spiro atoms. The standard InChI is InChI=1S/C30H22F4N4O4S/c1-41-26-21(6-3-7-24(26)42-15-16-4-2-5-18(12-16)27(35)37-40)30-38(29(39)25-22(33)13-20(32)14-23(25)34)36-28(43-30)17-8-10-19(31)11-9-17/h2-14,30,40H,15H2,1H3,(H2,35,37). The molecule has 3 N–H and O–H groups in total. The summed E-state index contributed by atoms with van der Waals surface area (Å²) in [7, 11) is 1.39. The summed E-state index contributed by atoms with van der Waals surface area (Å²) in [6.07, 6.45) is 0. The molecule has 0 saturated carbocycles. The molecule has 1 heterocycles. The van der Waals surface area contributed by atoms with Crippen LogP contribution in [0.5, 0.6) is 11.5 Å². The zero-order chi connectivity index (χ0) is 30.7. The van der Waals surface area contributed by atoms with E-state index in [1.807, 2.05) is 0 Å². The number of amides is 1. The number of methoxy groups -OCH3 is 1. The minimum absolute atomic E-state index is 0.0517. The summed E-state index contributed by atoms with van der Waals surface area (Å²) in [4.78, 5) is 13.6. The van der Waals surface area contributed by atoms with E-state index in [1.165, 1.54) is 31.4 Å². The van der Waals surface area contributed by atoms with Crippen molar-refractivity contribution < 1.29 is 37.0 Å². The molecule has 1 aliphatic rings. The van der Waals surface area contributed by atoms with E-state index in [4.69, 9.17) is 20.4 Å². The first kappa shape index (κ1) is 29.5. The number of hydrogen-bond donors (Lipinski definition) is 2. The third kappa shape index (κ3) is 6.11. The fourth-order valence-corrected chi connectivity index (χ4v) is 5.53. The van der Waals surface area contributed by atoms with Crippen LogP contribution >= 0.6 is 11.8 Å². The number of benzene rings is 4. The Bertz CT molecular complexity index is 1730. The molecule has 1 amide bonds. The number of nitrogens with zero attached hydrogens (tertiary/aromatic N) is 3. The van der Waals surface area contributed by atoms with Gasteiger partial charge in [0.05, 0.1) is 7.11 Å². The number of para-hydroxylation sites is 1. The SMILES string of the molecule is COc1c(OCc2cccc(/C(N)=N/O)c2)cccc1C1SC(c2ccc(F)cc2)=NN1C(=O)c1c(F)cc(F)cc1F. The molecule has 43 heavy (non-hydrogen) atoms. The summed E-state index contributed by atoms with van der Waals surface area (Å²) in [6.45, 7) is 0.0517. The van der Waals surface area contributed by atoms with Gasteiger partial charge in [0.25, 0.3) is 5.91 Å². The number of hydrogen-bond acceptors (Lipinski definition) is 7. The third-order valence-corrected chi connectivity index (χ3v) is 7.59. The van der Waals surface area contributed by atoms with Gasteiger partial charge < -0.3 is 20.4 Å². The maximum atomic E-state index is 14.7. The molecule has 5 rings (SSSR count). The predicted octanol–water partition coefficient (Wildman–Crippen LogP) is 6.17. The van der Waals surface area contributed by atoms with E-state index in [9.17, 15) is 22.4 Å². The molecule has 0 saturated heterocycles. The van der Waals surface area contributed by atoms with Gasteiger partial charge in [-0.05, 0) is 42.0 Å². The van der Waals surface area contributed by atoms with E-state index in [1.54, 1.807) is 42.5 Å². The second-order valence-electron chi connectivity index (χ2n) is 9.13. The Morgan fingerprint density at radius 3 is 2.37 bits per heavy atom. The second-order valence-corrected chi connectivity index (χ2v) is 10.2. The van der Waals surface area contributed by atoms with Crippen molar-refractivity contribution in [1.82, 2.24) is 5.01 Å². The van der Waals surface area contributed by atoms with E-state index >= 15 is 0 Å². The van der Waals surface area contributed by atoms with E-state index < -0.39 is 40.1 Å². The maximum Gasteiger partial charge on any atom is 0.281 e. The van der Waals surface area contributed by atoms with Gasteiger partial charge in [-0.1, -0.05) is 47.2 Å². The number of carbonyl (C=O) groups is 1. The van der Waals surface area contributed by atoms with Gasteiger partial charge in [-0.2, -0.15) is 5.10 Å². The fraction of sp³-hybridized carbons (Fsp3) is 0.100. The first-order valence-corrected chi connectivity index (χ1v) is 13.4. The number of hydrazone groups is 1. The molecule has 4 aromatic carbocycles. The van der Waals surface area contributed by atoms with E-state index in [2.05, 4.69) is 10.3 Å². The number of rotatable bonds is 8. The molecule has 0 radical (unpaired) electrons. The van der Waals surface area contributed by atoms with Gasteiger partial charge in [-0.3, -0.25) is 4.79 Å². The third-order valence-electron chi connectivity index (χ3n) is 6.37. The number of halogens is 4. The second kappa shape index (κ2) is 12.4. The van der Waals surface area contributed by atoms with Crippen LogP contribution < -0.4 is 15.2 Å². The molecule has 0 fully saturated rings. The van der Waals surface area contributed by atoms with Crippen LogP contribution in [0.25, 0.3) is 0 Å². The first-order valence-electron chi connectivity index (χ1n) is 12.6. The lowest BCUT2D eigenvalue weighted by Crippen LogP contribution is -2.28. The van der Waals surface area contributed by atoms with Crippen molar-refractivity contribution in [2.24, 2.45) is 16.0 Å². The van der Waals surface area contributed by atoms with Crippen molar-refractivity contribution in [1.29, 1.82) is 0 Å². The predicted molar refractivity (Wildman–Crippen MR) is 152 cm³/mol. The summed E-state index contributed by atoms with van der Waals surface area (Å²) in [5, 5.41) is 16.4. The monoisotopic (exact) mass is 610 g/mol. The summed E-state index contributed by atoms with van der Waals surface area (Å²) in [5.74, 6) is -5.22. The molecule has 4 aromatic rings. The lowest BCUT2D eigenvalue weighted by Gasteiger charge is -2.24. The average molecular weight is 611 g/mol. The Morgan fingerprint density at radius 1 is 1.00 bits per heavy atom. The number of ether oxygens (including phenoxy) is 2. The van der Waals surface area contributed by atoms with Gasteiger partial charge in [0.15, 0.2) is 17.3 Å². The van der Waals surface area contributed by atoms with Crippen LogP contribution in [-0.4, -0.2) is 34.1 Å². The molecule has 8 nitrogen and oxygen atoms in total. The zero-order valence-electron chi connectivity index (χ0n) is 22.3. The normalized spacial score (nSPS) is 14.9. The maximum absolute atomic E-state index is 14.7. The number of thioether (sulfide) groups is 1. The van der Waals surface area contributed by atoms with Crippen molar-refractivity contribution in [3.8, 4) is 11.5 Å². The van der Waals surface area contributed by atoms with Crippen LogP contribution in [0.1, 0.15) is 38.0 Å². The molecule has 1 unspecified atom stereocenters. The minimum Gasteiger partial charge on any atom is -0.492 e. The molecule has 13 heteroatoms. The van der Waals surface area contributed by atoms with Gasteiger partial charge in [-0.15, -0.1) is 0 Å². The topological polar surface area (TPSA) is 110 Å². The molecule has 0 aromatic heterocycles. The number of carbonyl (C=O) groups excluding carboxylic acids is 1. The van der Waals surface area contributed by atoms with Gasteiger partial charge >= 0.3 is 0 Å². The van der Waals surface area contributed by atoms with Gasteiger partial charge in [-0.25, -0.2) is 22.6 Å². The van der Waals surface area contributed by atoms with Crippen LogP contribution in [0, 0.1) is 23.3 Å². The van der Waals surface area contributed by atoms with Crippen LogP contribution in [0.3, 0.4) is 0 Å². The largest absolute Gasteiger partial charge is 0.492 e. The van der Waals surface area contributed by atoms with Crippen LogP contribution in [0.4, 0.5) is 17.6 Å². The quantitative estimate of drug-likeness (QED) is 0.0812. The Morgan fingerprint density at radius 2 is 1.70 bits per heavy atom. The number of oxime groups is 1. The van der Waals surface area contributed by atoms with Crippen LogP contribution in [-0.2, 0) is 6.61 Å². The first-order chi connectivity index (χ1) is 20.7.